The SMILES string of the molecule is Cn1nc(-c2cccc(Cl)c2Cl)nc1N. The molecule has 0 saturated carbocycles. The van der Waals surface area contributed by atoms with Gasteiger partial charge < -0.3 is 5.73 Å². The van der Waals surface area contributed by atoms with Crippen LogP contribution in [0.25, 0.3) is 11.4 Å². The zero-order valence-electron chi connectivity index (χ0n) is 7.91. The number of rotatable bonds is 1. The lowest BCUT2D eigenvalue weighted by molar-refractivity contribution is 0.781. The average molecular weight is 243 g/mol. The van der Waals surface area contributed by atoms with Crippen molar-refractivity contribution < 1.29 is 0 Å². The van der Waals surface area contributed by atoms with Gasteiger partial charge in [-0.3, -0.25) is 0 Å². The summed E-state index contributed by atoms with van der Waals surface area (Å²) in [5.41, 5.74) is 6.26. The lowest BCUT2D eigenvalue weighted by Crippen LogP contribution is -1.97. The molecule has 1 aromatic carbocycles. The van der Waals surface area contributed by atoms with E-state index < -0.39 is 0 Å². The summed E-state index contributed by atoms with van der Waals surface area (Å²) in [6.07, 6.45) is 0. The second kappa shape index (κ2) is 3.72. The second-order valence-corrected chi connectivity index (χ2v) is 3.80. The van der Waals surface area contributed by atoms with Gasteiger partial charge in [-0.25, -0.2) is 4.68 Å². The average Bonchev–Trinajstić information content (AvgIpc) is 2.51. The second-order valence-electron chi connectivity index (χ2n) is 3.02. The van der Waals surface area contributed by atoms with Gasteiger partial charge in [0.2, 0.25) is 5.95 Å². The molecule has 0 fully saturated rings. The van der Waals surface area contributed by atoms with E-state index in [1.807, 2.05) is 0 Å². The first-order valence-corrected chi connectivity index (χ1v) is 4.96. The lowest BCUT2D eigenvalue weighted by atomic mass is 10.2. The monoisotopic (exact) mass is 242 g/mol. The summed E-state index contributed by atoms with van der Waals surface area (Å²) in [6.45, 7) is 0. The third kappa shape index (κ3) is 1.78. The Balaban J connectivity index is 2.59. The minimum Gasteiger partial charge on any atom is -0.368 e. The van der Waals surface area contributed by atoms with Gasteiger partial charge >= 0.3 is 0 Å². The summed E-state index contributed by atoms with van der Waals surface area (Å²) in [5.74, 6) is 0.809. The molecule has 2 aromatic rings. The largest absolute Gasteiger partial charge is 0.368 e. The van der Waals surface area contributed by atoms with E-state index in [0.717, 1.165) is 0 Å². The first-order chi connectivity index (χ1) is 7.09. The van der Waals surface area contributed by atoms with E-state index in [1.54, 1.807) is 25.2 Å². The van der Waals surface area contributed by atoms with Gasteiger partial charge in [0.15, 0.2) is 5.82 Å². The van der Waals surface area contributed by atoms with Crippen LogP contribution in [0.2, 0.25) is 10.0 Å². The molecule has 1 heterocycles. The van der Waals surface area contributed by atoms with Crippen molar-refractivity contribution in [3.8, 4) is 11.4 Å². The fourth-order valence-electron chi connectivity index (χ4n) is 1.19. The highest BCUT2D eigenvalue weighted by Crippen LogP contribution is 2.31. The van der Waals surface area contributed by atoms with Crippen LogP contribution in [0.5, 0.6) is 0 Å². The highest BCUT2D eigenvalue weighted by atomic mass is 35.5. The number of hydrogen-bond acceptors (Lipinski definition) is 3. The van der Waals surface area contributed by atoms with E-state index in [2.05, 4.69) is 10.1 Å². The quantitative estimate of drug-likeness (QED) is 0.836. The number of anilines is 1. The van der Waals surface area contributed by atoms with Gasteiger partial charge in [0.05, 0.1) is 10.0 Å². The zero-order valence-corrected chi connectivity index (χ0v) is 9.42. The van der Waals surface area contributed by atoms with E-state index in [-0.39, 0.29) is 0 Å². The number of halogens is 2. The van der Waals surface area contributed by atoms with Crippen molar-refractivity contribution in [1.82, 2.24) is 14.8 Å². The highest BCUT2D eigenvalue weighted by Gasteiger charge is 2.12. The number of nitrogens with two attached hydrogens (primary N) is 1. The van der Waals surface area contributed by atoms with Crippen molar-refractivity contribution in [3.63, 3.8) is 0 Å². The molecule has 15 heavy (non-hydrogen) atoms. The van der Waals surface area contributed by atoms with E-state index in [0.29, 0.717) is 27.4 Å². The van der Waals surface area contributed by atoms with E-state index in [9.17, 15) is 0 Å². The fraction of sp³-hybridized carbons (Fsp3) is 0.111. The third-order valence-corrected chi connectivity index (χ3v) is 2.81. The number of benzene rings is 1. The van der Waals surface area contributed by atoms with E-state index >= 15 is 0 Å². The maximum atomic E-state index is 6.03. The summed E-state index contributed by atoms with van der Waals surface area (Å²) in [6, 6.07) is 5.29. The molecule has 0 unspecified atom stereocenters. The van der Waals surface area contributed by atoms with Crippen molar-refractivity contribution in [2.24, 2.45) is 7.05 Å². The Morgan fingerprint density at radius 2 is 2.07 bits per heavy atom. The molecule has 4 nitrogen and oxygen atoms in total. The van der Waals surface area contributed by atoms with Crippen LogP contribution >= 0.6 is 23.2 Å². The van der Waals surface area contributed by atoms with Crippen LogP contribution in [0.1, 0.15) is 0 Å². The van der Waals surface area contributed by atoms with Gasteiger partial charge in [0.1, 0.15) is 0 Å². The Labute approximate surface area is 96.6 Å². The Morgan fingerprint density at radius 1 is 1.33 bits per heavy atom. The standard InChI is InChI=1S/C9H8Cl2N4/c1-15-9(12)13-8(14-15)5-3-2-4-6(10)7(5)11/h2-4H,1H3,(H2,12,13,14). The third-order valence-electron chi connectivity index (χ3n) is 1.99. The molecule has 2 rings (SSSR count). The lowest BCUT2D eigenvalue weighted by Gasteiger charge is -2.00. The van der Waals surface area contributed by atoms with Gasteiger partial charge in [-0.2, -0.15) is 4.98 Å². The number of aryl methyl sites for hydroxylation is 1. The van der Waals surface area contributed by atoms with Crippen molar-refractivity contribution in [2.45, 2.75) is 0 Å². The van der Waals surface area contributed by atoms with Crippen molar-refractivity contribution in [1.29, 1.82) is 0 Å². The Morgan fingerprint density at radius 3 is 2.67 bits per heavy atom. The summed E-state index contributed by atoms with van der Waals surface area (Å²) >= 11 is 11.9. The number of nitrogen functional groups attached to an aromatic ring is 1. The molecule has 78 valence electrons. The molecule has 0 amide bonds. The molecule has 0 aliphatic carbocycles. The molecule has 0 spiro atoms. The van der Waals surface area contributed by atoms with Gasteiger partial charge in [-0.15, -0.1) is 5.10 Å². The van der Waals surface area contributed by atoms with Crippen molar-refractivity contribution in [2.75, 3.05) is 5.73 Å². The molecule has 0 aliphatic heterocycles. The van der Waals surface area contributed by atoms with Crippen LogP contribution in [0.3, 0.4) is 0 Å². The van der Waals surface area contributed by atoms with Crippen LogP contribution < -0.4 is 5.73 Å². The Bertz CT molecular complexity index is 487. The summed E-state index contributed by atoms with van der Waals surface area (Å²) in [7, 11) is 1.71. The molecule has 0 saturated heterocycles. The molecule has 6 heteroatoms. The van der Waals surface area contributed by atoms with Gasteiger partial charge in [0.25, 0.3) is 0 Å². The zero-order chi connectivity index (χ0) is 11.0. The minimum absolute atomic E-state index is 0.334. The van der Waals surface area contributed by atoms with E-state index in [4.69, 9.17) is 28.9 Å². The maximum Gasteiger partial charge on any atom is 0.218 e. The first kappa shape index (κ1) is 10.3. The van der Waals surface area contributed by atoms with Crippen molar-refractivity contribution >= 4 is 29.2 Å². The van der Waals surface area contributed by atoms with Crippen LogP contribution in [0.15, 0.2) is 18.2 Å². The molecular weight excluding hydrogens is 235 g/mol. The molecular formula is C9H8Cl2N4. The molecule has 1 aromatic heterocycles. The smallest absolute Gasteiger partial charge is 0.218 e. The molecule has 0 radical (unpaired) electrons. The van der Waals surface area contributed by atoms with Crippen molar-refractivity contribution in [3.05, 3.63) is 28.2 Å². The van der Waals surface area contributed by atoms with Gasteiger partial charge in [0, 0.05) is 12.6 Å². The summed E-state index contributed by atoms with van der Waals surface area (Å²) < 4.78 is 1.48. The predicted octanol–water partition coefficient (Wildman–Crippen LogP) is 2.37. The van der Waals surface area contributed by atoms with Crippen LogP contribution in [0, 0.1) is 0 Å². The maximum absolute atomic E-state index is 6.03. The van der Waals surface area contributed by atoms with E-state index in [1.165, 1.54) is 4.68 Å². The highest BCUT2D eigenvalue weighted by molar-refractivity contribution is 6.43. The number of aromatic nitrogens is 3. The first-order valence-electron chi connectivity index (χ1n) is 4.20. The minimum atomic E-state index is 0.334. The number of hydrogen-bond donors (Lipinski definition) is 1. The van der Waals surface area contributed by atoms with Crippen LogP contribution in [0.4, 0.5) is 5.95 Å². The van der Waals surface area contributed by atoms with Crippen LogP contribution in [-0.4, -0.2) is 14.8 Å². The fourth-order valence-corrected chi connectivity index (χ4v) is 1.57. The summed E-state index contributed by atoms with van der Waals surface area (Å²) in [5, 5.41) is 5.03. The topological polar surface area (TPSA) is 56.7 Å². The number of nitrogens with zero attached hydrogens (tertiary/aromatic N) is 3. The van der Waals surface area contributed by atoms with Gasteiger partial charge in [-0.1, -0.05) is 29.3 Å². The molecule has 2 N–H and O–H groups in total. The summed E-state index contributed by atoms with van der Waals surface area (Å²) in [4.78, 5) is 4.07. The van der Waals surface area contributed by atoms with Gasteiger partial charge in [-0.05, 0) is 12.1 Å². The molecule has 0 aliphatic rings. The predicted molar refractivity (Wildman–Crippen MR) is 60.9 cm³/mol. The normalized spacial score (nSPS) is 10.6. The Hall–Kier alpha value is -1.26. The van der Waals surface area contributed by atoms with Crippen LogP contribution in [-0.2, 0) is 7.05 Å². The molecule has 0 atom stereocenters. The Kier molecular flexibility index (Phi) is 2.54. The molecule has 0 bridgehead atoms.